The fourth-order valence-electron chi connectivity index (χ4n) is 3.70. The molecule has 2 atom stereocenters. The number of aliphatic imine (C=N–C) groups is 1. The summed E-state index contributed by atoms with van der Waals surface area (Å²) in [6.45, 7) is 2.08. The van der Waals surface area contributed by atoms with Crippen LogP contribution < -0.4 is 9.47 Å². The Morgan fingerprint density at radius 1 is 1.17 bits per heavy atom. The summed E-state index contributed by atoms with van der Waals surface area (Å²) in [7, 11) is 1.58. The van der Waals surface area contributed by atoms with E-state index in [4.69, 9.17) is 9.47 Å². The Morgan fingerprint density at radius 3 is 2.69 bits per heavy atom. The van der Waals surface area contributed by atoms with Gasteiger partial charge >= 0.3 is 5.97 Å². The first-order valence-electron chi connectivity index (χ1n) is 9.24. The molecule has 2 N–H and O–H groups in total. The predicted octanol–water partition coefficient (Wildman–Crippen LogP) is 3.94. The lowest BCUT2D eigenvalue weighted by Crippen LogP contribution is -2.31. The lowest BCUT2D eigenvalue weighted by atomic mass is 9.77. The Kier molecular flexibility index (Phi) is 5.03. The van der Waals surface area contributed by atoms with Crippen LogP contribution >= 0.6 is 0 Å². The number of benzene rings is 2. The number of carbonyl (C=O) groups is 1. The van der Waals surface area contributed by atoms with E-state index in [0.717, 1.165) is 16.7 Å². The molecule has 0 bridgehead atoms. The van der Waals surface area contributed by atoms with Gasteiger partial charge in [-0.15, -0.1) is 0 Å². The molecule has 3 aromatic rings. The molecular weight excluding hydrogens is 370 g/mol. The molecule has 7 heteroatoms. The van der Waals surface area contributed by atoms with E-state index in [0.29, 0.717) is 29.6 Å². The van der Waals surface area contributed by atoms with Crippen LogP contribution in [-0.4, -0.2) is 34.1 Å². The molecule has 0 fully saturated rings. The number of aliphatic carboxylic acids is 1. The highest BCUT2D eigenvalue weighted by atomic mass is 16.5. The molecule has 0 saturated carbocycles. The number of nitrogens with one attached hydrogen (secondary N) is 1. The average Bonchev–Trinajstić information content (AvgIpc) is 3.19. The summed E-state index contributed by atoms with van der Waals surface area (Å²) in [4.78, 5) is 16.5. The first-order valence-corrected chi connectivity index (χ1v) is 9.24. The zero-order valence-corrected chi connectivity index (χ0v) is 16.1. The largest absolute Gasteiger partial charge is 0.497 e. The van der Waals surface area contributed by atoms with Crippen LogP contribution in [0.25, 0.3) is 0 Å². The van der Waals surface area contributed by atoms with Crippen LogP contribution in [0.5, 0.6) is 11.5 Å². The fraction of sp³-hybridized carbons (Fsp3) is 0.227. The lowest BCUT2D eigenvalue weighted by molar-refractivity contribution is -0.139. The number of methoxy groups -OCH3 is 1. The van der Waals surface area contributed by atoms with E-state index in [1.165, 1.54) is 0 Å². The number of fused-ring (bicyclic) bond motifs is 1. The summed E-state index contributed by atoms with van der Waals surface area (Å²) in [5.41, 5.74) is 3.02. The van der Waals surface area contributed by atoms with E-state index in [1.807, 2.05) is 42.5 Å². The summed E-state index contributed by atoms with van der Waals surface area (Å²) in [5, 5.41) is 16.9. The van der Waals surface area contributed by atoms with Crippen molar-refractivity contribution in [3.05, 3.63) is 71.4 Å². The monoisotopic (exact) mass is 391 g/mol. The Morgan fingerprint density at radius 2 is 1.97 bits per heavy atom. The summed E-state index contributed by atoms with van der Waals surface area (Å²) < 4.78 is 11.5. The first-order chi connectivity index (χ1) is 14.1. The van der Waals surface area contributed by atoms with E-state index in [-0.39, 0.29) is 0 Å². The zero-order chi connectivity index (χ0) is 20.4. The molecule has 29 heavy (non-hydrogen) atoms. The van der Waals surface area contributed by atoms with E-state index >= 15 is 0 Å². The fourth-order valence-corrected chi connectivity index (χ4v) is 3.70. The van der Waals surface area contributed by atoms with Crippen molar-refractivity contribution in [2.75, 3.05) is 7.11 Å². The normalized spacial score (nSPS) is 17.9. The smallest absolute Gasteiger partial charge is 0.313 e. The number of rotatable bonds is 6. The van der Waals surface area contributed by atoms with E-state index < -0.39 is 17.8 Å². The molecule has 1 aliphatic heterocycles. The van der Waals surface area contributed by atoms with Crippen molar-refractivity contribution in [3.8, 4) is 11.5 Å². The second-order valence-electron chi connectivity index (χ2n) is 6.90. The Balaban J connectivity index is 1.78. The van der Waals surface area contributed by atoms with Gasteiger partial charge in [-0.05, 0) is 18.6 Å². The number of ether oxygens (including phenoxy) is 2. The van der Waals surface area contributed by atoms with Gasteiger partial charge in [0.1, 0.15) is 24.0 Å². The molecule has 0 radical (unpaired) electrons. The molecule has 7 nitrogen and oxygen atoms in total. The Labute approximate surface area is 168 Å². The van der Waals surface area contributed by atoms with Crippen molar-refractivity contribution < 1.29 is 19.4 Å². The molecule has 1 aliphatic rings. The maximum Gasteiger partial charge on any atom is 0.313 e. The summed E-state index contributed by atoms with van der Waals surface area (Å²) in [6.07, 6.45) is 1.64. The van der Waals surface area contributed by atoms with Crippen LogP contribution in [0.15, 0.2) is 59.7 Å². The summed E-state index contributed by atoms with van der Waals surface area (Å²) >= 11 is 0. The highest BCUT2D eigenvalue weighted by Gasteiger charge is 2.40. The third kappa shape index (κ3) is 3.59. The molecule has 1 aromatic heterocycles. The highest BCUT2D eigenvalue weighted by Crippen LogP contribution is 2.45. The number of carboxylic acids is 1. The lowest BCUT2D eigenvalue weighted by Gasteiger charge is -2.29. The Hall–Kier alpha value is -3.61. The van der Waals surface area contributed by atoms with Crippen LogP contribution in [0.4, 0.5) is 5.82 Å². The average molecular weight is 391 g/mol. The number of hydrogen-bond donors (Lipinski definition) is 2. The molecule has 0 spiro atoms. The van der Waals surface area contributed by atoms with Crippen LogP contribution in [0.2, 0.25) is 0 Å². The minimum atomic E-state index is -0.937. The summed E-state index contributed by atoms with van der Waals surface area (Å²) in [6, 6.07) is 15.3. The molecule has 0 saturated heterocycles. The topological polar surface area (TPSA) is 96.8 Å². The minimum Gasteiger partial charge on any atom is -0.497 e. The van der Waals surface area contributed by atoms with Gasteiger partial charge in [0.2, 0.25) is 0 Å². The molecule has 0 aliphatic carbocycles. The molecule has 0 amide bonds. The zero-order valence-electron chi connectivity index (χ0n) is 16.1. The van der Waals surface area contributed by atoms with Gasteiger partial charge in [0.05, 0.1) is 13.3 Å². The molecular formula is C22H21N3O4. The van der Waals surface area contributed by atoms with E-state index in [1.54, 1.807) is 26.3 Å². The SMILES string of the molecule is COc1ccc(C2c3cn[nH]c3N=C(C)C2C(=O)O)c(OCc2ccccc2)c1. The predicted molar refractivity (Wildman–Crippen MR) is 108 cm³/mol. The molecule has 2 aromatic carbocycles. The number of nitrogens with zero attached hydrogens (tertiary/aromatic N) is 2. The number of aromatic nitrogens is 2. The Bertz CT molecular complexity index is 1060. The van der Waals surface area contributed by atoms with Gasteiger partial charge in [-0.25, -0.2) is 4.99 Å². The van der Waals surface area contributed by atoms with E-state index in [9.17, 15) is 9.90 Å². The van der Waals surface area contributed by atoms with Gasteiger partial charge in [0, 0.05) is 28.8 Å². The maximum atomic E-state index is 12.1. The van der Waals surface area contributed by atoms with Gasteiger partial charge in [-0.3, -0.25) is 9.89 Å². The van der Waals surface area contributed by atoms with Crippen molar-refractivity contribution in [2.45, 2.75) is 19.4 Å². The van der Waals surface area contributed by atoms with Gasteiger partial charge in [0.15, 0.2) is 5.82 Å². The summed E-state index contributed by atoms with van der Waals surface area (Å²) in [5.74, 6) is -0.436. The standard InChI is InChI=1S/C22H21N3O4/c1-13-19(22(26)27)20(17-11-23-25-21(17)24-13)16-9-8-15(28-2)10-18(16)29-12-14-6-4-3-5-7-14/h3-11,19-20H,12H2,1-2H3,(H,23,25)(H,26,27). The van der Waals surface area contributed by atoms with Crippen LogP contribution in [0, 0.1) is 5.92 Å². The van der Waals surface area contributed by atoms with Crippen molar-refractivity contribution in [1.29, 1.82) is 0 Å². The van der Waals surface area contributed by atoms with Crippen molar-refractivity contribution in [2.24, 2.45) is 10.9 Å². The third-order valence-corrected chi connectivity index (χ3v) is 5.11. The first kappa shape index (κ1) is 18.7. The van der Waals surface area contributed by atoms with E-state index in [2.05, 4.69) is 15.2 Å². The van der Waals surface area contributed by atoms with Gasteiger partial charge < -0.3 is 14.6 Å². The number of carboxylic acid groups (broad SMARTS) is 1. The number of hydrogen-bond acceptors (Lipinski definition) is 5. The van der Waals surface area contributed by atoms with Crippen LogP contribution in [0.1, 0.15) is 29.5 Å². The van der Waals surface area contributed by atoms with Crippen molar-refractivity contribution >= 4 is 17.5 Å². The van der Waals surface area contributed by atoms with Crippen LogP contribution in [0.3, 0.4) is 0 Å². The molecule has 148 valence electrons. The number of aromatic amines is 1. The number of H-pyrrole nitrogens is 1. The maximum absolute atomic E-state index is 12.1. The van der Waals surface area contributed by atoms with Gasteiger partial charge in [-0.2, -0.15) is 5.10 Å². The van der Waals surface area contributed by atoms with Crippen molar-refractivity contribution in [3.63, 3.8) is 0 Å². The van der Waals surface area contributed by atoms with Crippen molar-refractivity contribution in [1.82, 2.24) is 10.2 Å². The molecule has 4 rings (SSSR count). The van der Waals surface area contributed by atoms with Gasteiger partial charge in [0.25, 0.3) is 0 Å². The molecule has 2 heterocycles. The highest BCUT2D eigenvalue weighted by molar-refractivity contribution is 6.04. The van der Waals surface area contributed by atoms with Crippen LogP contribution in [-0.2, 0) is 11.4 Å². The minimum absolute atomic E-state index is 0.358. The second-order valence-corrected chi connectivity index (χ2v) is 6.90. The van der Waals surface area contributed by atoms with Gasteiger partial charge in [-0.1, -0.05) is 36.4 Å². The third-order valence-electron chi connectivity index (χ3n) is 5.11. The second kappa shape index (κ2) is 7.79. The quantitative estimate of drug-likeness (QED) is 0.663. The molecule has 2 unspecified atom stereocenters.